The third kappa shape index (κ3) is 7.68. The minimum atomic E-state index is -2.21. The number of nitrogens with one attached hydrogen (secondary N) is 2. The van der Waals surface area contributed by atoms with Crippen LogP contribution in [-0.2, 0) is 23.3 Å². The van der Waals surface area contributed by atoms with Gasteiger partial charge in [0.05, 0.1) is 30.2 Å². The number of hydrogen-bond acceptors (Lipinski definition) is 6. The number of benzene rings is 1. The molecule has 2 N–H and O–H groups in total. The first-order valence-electron chi connectivity index (χ1n) is 16.1. The van der Waals surface area contributed by atoms with Crippen LogP contribution in [0, 0.1) is 17.3 Å². The van der Waals surface area contributed by atoms with Gasteiger partial charge in [-0.25, -0.2) is 4.79 Å². The van der Waals surface area contributed by atoms with Crippen LogP contribution < -0.4 is 10.6 Å². The standard InChI is InChI=1S/C33H55BN2O6Si/c1-30(2,3)39-28(37)21-24(41-43(10,11)31(4,5)6)17-18-27(36-29(38)35-23-15-13-12-14-16-23)34-40-26-20-22-19-25(32(22,7)8)33(26,9)42-34/h12-16,22,24-27H,17-21H2,1-11H3,(H2,35,36,38)/t22-,24?,25-,26+,27-,33-/m0/s1. The third-order valence-corrected chi connectivity index (χ3v) is 15.1. The largest absolute Gasteiger partial charge is 0.481 e. The lowest BCUT2D eigenvalue weighted by Gasteiger charge is -2.64. The molecule has 1 aromatic carbocycles. The molecule has 3 saturated carbocycles. The highest BCUT2D eigenvalue weighted by atomic mass is 28.4. The van der Waals surface area contributed by atoms with Crippen LogP contribution in [0.15, 0.2) is 30.3 Å². The van der Waals surface area contributed by atoms with Crippen molar-refractivity contribution >= 4 is 33.1 Å². The van der Waals surface area contributed by atoms with Crippen LogP contribution in [0.3, 0.4) is 0 Å². The molecule has 0 spiro atoms. The van der Waals surface area contributed by atoms with E-state index >= 15 is 0 Å². The van der Waals surface area contributed by atoms with E-state index in [1.54, 1.807) is 0 Å². The number of esters is 1. The van der Waals surface area contributed by atoms with Gasteiger partial charge in [0.1, 0.15) is 5.60 Å². The van der Waals surface area contributed by atoms with Gasteiger partial charge < -0.3 is 29.1 Å². The van der Waals surface area contributed by atoms with Crippen molar-refractivity contribution in [1.82, 2.24) is 5.32 Å². The topological polar surface area (TPSA) is 95.1 Å². The summed E-state index contributed by atoms with van der Waals surface area (Å²) >= 11 is 0. The molecule has 240 valence electrons. The highest BCUT2D eigenvalue weighted by Gasteiger charge is 2.68. The highest BCUT2D eigenvalue weighted by molar-refractivity contribution is 6.74. The molecule has 1 aromatic rings. The van der Waals surface area contributed by atoms with Crippen molar-refractivity contribution in [1.29, 1.82) is 0 Å². The van der Waals surface area contributed by atoms with Gasteiger partial charge in [0.15, 0.2) is 8.32 Å². The summed E-state index contributed by atoms with van der Waals surface area (Å²) in [4.78, 5) is 26.2. The van der Waals surface area contributed by atoms with E-state index in [4.69, 9.17) is 18.5 Å². The Balaban J connectivity index is 1.53. The van der Waals surface area contributed by atoms with E-state index in [1.165, 1.54) is 0 Å². The number of para-hydroxylation sites is 1. The van der Waals surface area contributed by atoms with E-state index in [2.05, 4.69) is 65.3 Å². The molecule has 0 radical (unpaired) electrons. The second-order valence-corrected chi connectivity index (χ2v) is 21.0. The van der Waals surface area contributed by atoms with Crippen molar-refractivity contribution in [2.75, 3.05) is 5.32 Å². The predicted octanol–water partition coefficient (Wildman–Crippen LogP) is 7.35. The van der Waals surface area contributed by atoms with E-state index in [1.807, 2.05) is 51.1 Å². The molecule has 8 nitrogen and oxygen atoms in total. The Morgan fingerprint density at radius 2 is 1.70 bits per heavy atom. The summed E-state index contributed by atoms with van der Waals surface area (Å²) in [5.41, 5.74) is -0.0534. The van der Waals surface area contributed by atoms with Crippen molar-refractivity contribution in [2.45, 2.75) is 142 Å². The molecular weight excluding hydrogens is 559 g/mol. The first kappa shape index (κ1) is 34.0. The lowest BCUT2D eigenvalue weighted by Crippen LogP contribution is -2.65. The van der Waals surface area contributed by atoms with E-state index in [9.17, 15) is 9.59 Å². The molecule has 43 heavy (non-hydrogen) atoms. The van der Waals surface area contributed by atoms with Gasteiger partial charge in [0, 0.05) is 5.69 Å². The maximum atomic E-state index is 13.3. The Labute approximate surface area is 261 Å². The number of carbonyl (C=O) groups excluding carboxylic acids is 2. The molecule has 1 heterocycles. The summed E-state index contributed by atoms with van der Waals surface area (Å²) in [6.07, 6.45) is 2.98. The summed E-state index contributed by atoms with van der Waals surface area (Å²) < 4.78 is 25.9. The zero-order valence-corrected chi connectivity index (χ0v) is 29.3. The quantitative estimate of drug-likeness (QED) is 0.212. The molecule has 10 heteroatoms. The van der Waals surface area contributed by atoms with Gasteiger partial charge in [0.25, 0.3) is 0 Å². The van der Waals surface area contributed by atoms with Gasteiger partial charge in [-0.15, -0.1) is 0 Å². The number of ether oxygens (including phenoxy) is 1. The van der Waals surface area contributed by atoms with Gasteiger partial charge in [-0.2, -0.15) is 0 Å². The molecule has 2 amide bonds. The second kappa shape index (κ2) is 12.1. The summed E-state index contributed by atoms with van der Waals surface area (Å²) in [7, 11) is -2.80. The van der Waals surface area contributed by atoms with E-state index < -0.39 is 32.6 Å². The van der Waals surface area contributed by atoms with Crippen LogP contribution >= 0.6 is 0 Å². The minimum absolute atomic E-state index is 0.00296. The molecule has 1 unspecified atom stereocenters. The zero-order valence-electron chi connectivity index (χ0n) is 28.3. The van der Waals surface area contributed by atoms with Crippen molar-refractivity contribution < 1.29 is 28.1 Å². The summed E-state index contributed by atoms with van der Waals surface area (Å²) in [6, 6.07) is 9.07. The fourth-order valence-electron chi connectivity index (χ4n) is 6.94. The zero-order chi connectivity index (χ0) is 32.0. The molecule has 6 atom stereocenters. The molecule has 1 aliphatic heterocycles. The Bertz CT molecular complexity index is 1150. The predicted molar refractivity (Wildman–Crippen MR) is 174 cm³/mol. The first-order chi connectivity index (χ1) is 19.7. The molecule has 2 bridgehead atoms. The van der Waals surface area contributed by atoms with Crippen LogP contribution in [0.1, 0.15) is 94.4 Å². The molecular formula is C33H55BN2O6Si. The molecule has 4 fully saturated rings. The van der Waals surface area contributed by atoms with Crippen LogP contribution in [0.2, 0.25) is 18.1 Å². The highest BCUT2D eigenvalue weighted by Crippen LogP contribution is 2.65. The monoisotopic (exact) mass is 614 g/mol. The summed E-state index contributed by atoms with van der Waals surface area (Å²) in [5, 5.41) is 6.08. The van der Waals surface area contributed by atoms with Gasteiger partial charge >= 0.3 is 19.1 Å². The van der Waals surface area contributed by atoms with Gasteiger partial charge in [-0.1, -0.05) is 52.8 Å². The van der Waals surface area contributed by atoms with Crippen molar-refractivity contribution in [2.24, 2.45) is 17.3 Å². The minimum Gasteiger partial charge on any atom is -0.460 e. The number of carbonyl (C=O) groups is 2. The summed E-state index contributed by atoms with van der Waals surface area (Å²) in [5.74, 6) is 0.323. The maximum absolute atomic E-state index is 13.3. The van der Waals surface area contributed by atoms with Crippen LogP contribution in [-0.4, -0.2) is 56.8 Å². The lowest BCUT2D eigenvalue weighted by molar-refractivity contribution is -0.199. The average molecular weight is 615 g/mol. The maximum Gasteiger partial charge on any atom is 0.481 e. The lowest BCUT2D eigenvalue weighted by atomic mass is 9.43. The van der Waals surface area contributed by atoms with Crippen LogP contribution in [0.5, 0.6) is 0 Å². The molecule has 5 rings (SSSR count). The molecule has 0 aromatic heterocycles. The smallest absolute Gasteiger partial charge is 0.460 e. The fraction of sp³-hybridized carbons (Fsp3) is 0.758. The number of urea groups is 1. The van der Waals surface area contributed by atoms with Crippen molar-refractivity contribution in [3.63, 3.8) is 0 Å². The van der Waals surface area contributed by atoms with E-state index in [0.29, 0.717) is 30.4 Å². The third-order valence-electron chi connectivity index (χ3n) is 10.5. The van der Waals surface area contributed by atoms with E-state index in [0.717, 1.165) is 12.8 Å². The number of rotatable bonds is 10. The number of anilines is 1. The van der Waals surface area contributed by atoms with Gasteiger partial charge in [-0.05, 0) is 101 Å². The van der Waals surface area contributed by atoms with E-state index in [-0.39, 0.29) is 41.1 Å². The second-order valence-electron chi connectivity index (χ2n) is 16.3. The Morgan fingerprint density at radius 3 is 2.28 bits per heavy atom. The Morgan fingerprint density at radius 1 is 1.05 bits per heavy atom. The van der Waals surface area contributed by atoms with Crippen LogP contribution in [0.4, 0.5) is 10.5 Å². The fourth-order valence-corrected chi connectivity index (χ4v) is 8.32. The number of amides is 2. The molecule has 3 aliphatic carbocycles. The Hall–Kier alpha value is -1.88. The number of hydrogen-bond donors (Lipinski definition) is 2. The van der Waals surface area contributed by atoms with Gasteiger partial charge in [-0.3, -0.25) is 4.79 Å². The first-order valence-corrected chi connectivity index (χ1v) is 19.0. The molecule has 1 saturated heterocycles. The Kier molecular flexibility index (Phi) is 9.60. The average Bonchev–Trinajstić information content (AvgIpc) is 3.22. The normalized spacial score (nSPS) is 27.9. The van der Waals surface area contributed by atoms with Gasteiger partial charge in [0.2, 0.25) is 0 Å². The van der Waals surface area contributed by atoms with Crippen molar-refractivity contribution in [3.8, 4) is 0 Å². The summed E-state index contributed by atoms with van der Waals surface area (Å²) in [6.45, 7) is 23.5. The van der Waals surface area contributed by atoms with Crippen LogP contribution in [0.25, 0.3) is 0 Å². The molecule has 4 aliphatic rings. The SMILES string of the molecule is CC(C)(C)OC(=O)CC(CC[C@H](NC(=O)Nc1ccccc1)B1O[C@@H]2C[C@@H]3C[C@@H](C3(C)C)[C@]2(C)O1)O[Si](C)(C)C(C)(C)C. The van der Waals surface area contributed by atoms with Crippen molar-refractivity contribution in [3.05, 3.63) is 30.3 Å².